The molecule has 3 nitrogen and oxygen atoms in total. The van der Waals surface area contributed by atoms with E-state index in [0.717, 1.165) is 24.2 Å². The van der Waals surface area contributed by atoms with Crippen molar-refractivity contribution in [2.75, 3.05) is 12.8 Å². The molecule has 14 heavy (non-hydrogen) atoms. The molecule has 0 aliphatic rings. The van der Waals surface area contributed by atoms with Gasteiger partial charge in [-0.3, -0.25) is 0 Å². The average molecular weight is 213 g/mol. The van der Waals surface area contributed by atoms with Crippen LogP contribution in [0.5, 0.6) is 0 Å². The predicted octanol–water partition coefficient (Wildman–Crippen LogP) is 1.65. The van der Waals surface area contributed by atoms with E-state index in [9.17, 15) is 0 Å². The summed E-state index contributed by atoms with van der Waals surface area (Å²) in [5, 5.41) is 4.14. The van der Waals surface area contributed by atoms with E-state index in [1.165, 1.54) is 6.42 Å². The lowest BCUT2D eigenvalue weighted by Crippen LogP contribution is -2.19. The highest BCUT2D eigenvalue weighted by Crippen LogP contribution is 2.07. The summed E-state index contributed by atoms with van der Waals surface area (Å²) in [6, 6.07) is 0. The van der Waals surface area contributed by atoms with Crippen LogP contribution in [0.3, 0.4) is 0 Å². The van der Waals surface area contributed by atoms with Crippen molar-refractivity contribution in [3.05, 3.63) is 18.2 Å². The van der Waals surface area contributed by atoms with Crippen molar-refractivity contribution < 1.29 is 0 Å². The molecule has 0 saturated heterocycles. The highest BCUT2D eigenvalue weighted by Gasteiger charge is 2.00. The quantitative estimate of drug-likeness (QED) is 0.729. The fraction of sp³-hybridized carbons (Fsp3) is 0.700. The first kappa shape index (κ1) is 11.6. The number of rotatable bonds is 6. The Hall–Kier alpha value is -0.480. The first-order valence-corrected chi connectivity index (χ1v) is 6.22. The monoisotopic (exact) mass is 213 g/mol. The minimum atomic E-state index is 0.740. The van der Waals surface area contributed by atoms with Crippen molar-refractivity contribution in [2.24, 2.45) is 7.05 Å². The van der Waals surface area contributed by atoms with Crippen molar-refractivity contribution in [3.63, 3.8) is 0 Å². The van der Waals surface area contributed by atoms with Crippen molar-refractivity contribution in [3.8, 4) is 0 Å². The fourth-order valence-electron chi connectivity index (χ4n) is 1.19. The molecule has 1 atom stereocenters. The smallest absolute Gasteiger partial charge is 0.122 e. The van der Waals surface area contributed by atoms with Crippen LogP contribution in [0.2, 0.25) is 0 Å². The van der Waals surface area contributed by atoms with Crippen molar-refractivity contribution in [1.29, 1.82) is 0 Å². The van der Waals surface area contributed by atoms with Gasteiger partial charge in [-0.25, -0.2) is 4.98 Å². The van der Waals surface area contributed by atoms with E-state index in [1.807, 2.05) is 35.8 Å². The van der Waals surface area contributed by atoms with Gasteiger partial charge in [-0.2, -0.15) is 11.8 Å². The van der Waals surface area contributed by atoms with E-state index in [1.54, 1.807) is 0 Å². The number of imidazole rings is 1. The van der Waals surface area contributed by atoms with Crippen molar-refractivity contribution in [1.82, 2.24) is 14.9 Å². The Labute approximate surface area is 90.3 Å². The summed E-state index contributed by atoms with van der Waals surface area (Å²) in [4.78, 5) is 4.25. The Morgan fingerprint density at radius 3 is 3.00 bits per heavy atom. The van der Waals surface area contributed by atoms with Crippen LogP contribution in [0.4, 0.5) is 0 Å². The minimum absolute atomic E-state index is 0.740. The maximum atomic E-state index is 4.25. The third-order valence-electron chi connectivity index (χ3n) is 2.33. The molecule has 1 rings (SSSR count). The molecule has 1 unspecified atom stereocenters. The summed E-state index contributed by atoms with van der Waals surface area (Å²) >= 11 is 1.92. The van der Waals surface area contributed by atoms with E-state index in [0.29, 0.717) is 0 Å². The first-order chi connectivity index (χ1) is 6.74. The van der Waals surface area contributed by atoms with E-state index in [-0.39, 0.29) is 0 Å². The predicted molar refractivity (Wildman–Crippen MR) is 62.5 cm³/mol. The van der Waals surface area contributed by atoms with Crippen LogP contribution in [0.1, 0.15) is 19.2 Å². The maximum absolute atomic E-state index is 4.25. The summed E-state index contributed by atoms with van der Waals surface area (Å²) in [5.41, 5.74) is 0. The number of nitrogens with one attached hydrogen (secondary N) is 1. The first-order valence-electron chi connectivity index (χ1n) is 4.93. The van der Waals surface area contributed by atoms with Gasteiger partial charge in [0.1, 0.15) is 5.82 Å². The molecule has 0 aromatic carbocycles. The lowest BCUT2D eigenvalue weighted by Gasteiger charge is -2.08. The summed E-state index contributed by atoms with van der Waals surface area (Å²) in [5.74, 6) is 1.10. The number of hydrogen-bond donors (Lipinski definition) is 1. The molecule has 0 radical (unpaired) electrons. The van der Waals surface area contributed by atoms with Gasteiger partial charge in [-0.1, -0.05) is 6.92 Å². The van der Waals surface area contributed by atoms with Gasteiger partial charge in [0.15, 0.2) is 0 Å². The lowest BCUT2D eigenvalue weighted by molar-refractivity contribution is 0.613. The van der Waals surface area contributed by atoms with Crippen LogP contribution in [0.15, 0.2) is 12.4 Å². The third kappa shape index (κ3) is 3.72. The lowest BCUT2D eigenvalue weighted by atomic mass is 10.3. The molecule has 0 fully saturated rings. The zero-order valence-electron chi connectivity index (χ0n) is 9.16. The standard InChI is InChI=1S/C10H19N3S/c1-9(14-3)4-5-11-8-10-12-6-7-13(10)2/h6-7,9,11H,4-5,8H2,1-3H3. The summed E-state index contributed by atoms with van der Waals surface area (Å²) in [6.45, 7) is 4.19. The molecule has 1 N–H and O–H groups in total. The van der Waals surface area contributed by atoms with Gasteiger partial charge >= 0.3 is 0 Å². The van der Waals surface area contributed by atoms with E-state index in [4.69, 9.17) is 0 Å². The highest BCUT2D eigenvalue weighted by atomic mass is 32.2. The Kier molecular flexibility index (Phi) is 5.04. The Balaban J connectivity index is 2.13. The van der Waals surface area contributed by atoms with E-state index in [2.05, 4.69) is 23.5 Å². The molecule has 0 aliphatic heterocycles. The molecule has 80 valence electrons. The molecule has 0 bridgehead atoms. The van der Waals surface area contributed by atoms with Crippen LogP contribution in [0, 0.1) is 0 Å². The zero-order chi connectivity index (χ0) is 10.4. The molecule has 0 aliphatic carbocycles. The third-order valence-corrected chi connectivity index (χ3v) is 3.37. The maximum Gasteiger partial charge on any atom is 0.122 e. The number of aryl methyl sites for hydroxylation is 1. The van der Waals surface area contributed by atoms with Crippen LogP contribution < -0.4 is 5.32 Å². The molecular weight excluding hydrogens is 194 g/mol. The summed E-state index contributed by atoms with van der Waals surface area (Å²) in [7, 11) is 2.02. The van der Waals surface area contributed by atoms with E-state index < -0.39 is 0 Å². The number of aromatic nitrogens is 2. The number of nitrogens with zero attached hydrogens (tertiary/aromatic N) is 2. The molecule has 0 spiro atoms. The van der Waals surface area contributed by atoms with Crippen LogP contribution in [-0.2, 0) is 13.6 Å². The van der Waals surface area contributed by atoms with Crippen molar-refractivity contribution >= 4 is 11.8 Å². The fourth-order valence-corrected chi connectivity index (χ4v) is 1.54. The average Bonchev–Trinajstić information content (AvgIpc) is 2.58. The largest absolute Gasteiger partial charge is 0.337 e. The topological polar surface area (TPSA) is 29.9 Å². The normalized spacial score (nSPS) is 13.1. The number of thioether (sulfide) groups is 1. The van der Waals surface area contributed by atoms with Crippen LogP contribution >= 0.6 is 11.8 Å². The van der Waals surface area contributed by atoms with Gasteiger partial charge < -0.3 is 9.88 Å². The molecule has 1 heterocycles. The minimum Gasteiger partial charge on any atom is -0.337 e. The SMILES string of the molecule is CSC(C)CCNCc1nccn1C. The molecule has 0 saturated carbocycles. The molecule has 0 amide bonds. The van der Waals surface area contributed by atoms with Gasteiger partial charge in [0.2, 0.25) is 0 Å². The molecule has 1 aromatic heterocycles. The second-order valence-electron chi connectivity index (χ2n) is 3.47. The second kappa shape index (κ2) is 6.09. The van der Waals surface area contributed by atoms with Gasteiger partial charge in [0.05, 0.1) is 6.54 Å². The Morgan fingerprint density at radius 1 is 1.64 bits per heavy atom. The summed E-state index contributed by atoms with van der Waals surface area (Å²) in [6.07, 6.45) is 7.18. The van der Waals surface area contributed by atoms with Crippen LogP contribution in [0.25, 0.3) is 0 Å². The molecule has 4 heteroatoms. The van der Waals surface area contributed by atoms with Gasteiger partial charge in [-0.05, 0) is 19.2 Å². The molecule has 1 aromatic rings. The zero-order valence-corrected chi connectivity index (χ0v) is 9.97. The van der Waals surface area contributed by atoms with Crippen LogP contribution in [-0.4, -0.2) is 27.6 Å². The Morgan fingerprint density at radius 2 is 2.43 bits per heavy atom. The Bertz CT molecular complexity index is 260. The highest BCUT2D eigenvalue weighted by molar-refractivity contribution is 7.99. The van der Waals surface area contributed by atoms with Crippen molar-refractivity contribution in [2.45, 2.75) is 25.1 Å². The van der Waals surface area contributed by atoms with E-state index >= 15 is 0 Å². The van der Waals surface area contributed by atoms with Gasteiger partial charge in [0, 0.05) is 24.7 Å². The number of hydrogen-bond acceptors (Lipinski definition) is 3. The molecular formula is C10H19N3S. The van der Waals surface area contributed by atoms with Gasteiger partial charge in [0.25, 0.3) is 0 Å². The summed E-state index contributed by atoms with van der Waals surface area (Å²) < 4.78 is 2.05. The second-order valence-corrected chi connectivity index (χ2v) is 4.74. The van der Waals surface area contributed by atoms with Gasteiger partial charge in [-0.15, -0.1) is 0 Å².